The number of benzene rings is 1. The molecule has 1 rings (SSSR count). The highest BCUT2D eigenvalue weighted by atomic mass is 16.5. The van der Waals surface area contributed by atoms with Gasteiger partial charge < -0.3 is 9.53 Å². The molecule has 0 saturated heterocycles. The Morgan fingerprint density at radius 1 is 1.38 bits per heavy atom. The number of aldehydes is 1. The minimum atomic E-state index is -0.374. The quantitative estimate of drug-likeness (QED) is 0.565. The molecule has 0 aromatic heterocycles. The van der Waals surface area contributed by atoms with E-state index in [0.717, 1.165) is 6.29 Å². The highest BCUT2D eigenvalue weighted by Gasteiger charge is 2.19. The predicted octanol–water partition coefficient (Wildman–Crippen LogP) is 2.46. The van der Waals surface area contributed by atoms with Crippen molar-refractivity contribution in [2.24, 2.45) is 5.92 Å². The van der Waals surface area contributed by atoms with Crippen LogP contribution in [-0.2, 0) is 9.53 Å². The fraction of sp³-hybridized carbons (Fsp3) is 0.385. The highest BCUT2D eigenvalue weighted by Crippen LogP contribution is 2.12. The van der Waals surface area contributed by atoms with Crippen molar-refractivity contribution in [1.29, 1.82) is 0 Å². The molecule has 3 heteroatoms. The number of hydrogen-bond acceptors (Lipinski definition) is 3. The highest BCUT2D eigenvalue weighted by molar-refractivity contribution is 5.89. The molecule has 0 fully saturated rings. The van der Waals surface area contributed by atoms with Gasteiger partial charge in [-0.05, 0) is 18.6 Å². The fourth-order valence-corrected chi connectivity index (χ4v) is 1.43. The first-order valence-electron chi connectivity index (χ1n) is 5.40. The second kappa shape index (κ2) is 6.05. The van der Waals surface area contributed by atoms with Crippen molar-refractivity contribution in [2.45, 2.75) is 26.4 Å². The molecule has 0 aliphatic rings. The van der Waals surface area contributed by atoms with Crippen LogP contribution in [0.5, 0.6) is 0 Å². The summed E-state index contributed by atoms with van der Waals surface area (Å²) in [5.41, 5.74) is 0.513. The molecule has 0 N–H and O–H groups in total. The Bertz CT molecular complexity index is 345. The van der Waals surface area contributed by atoms with Crippen molar-refractivity contribution >= 4 is 12.3 Å². The van der Waals surface area contributed by atoms with Gasteiger partial charge in [0.2, 0.25) is 0 Å². The summed E-state index contributed by atoms with van der Waals surface area (Å²) in [4.78, 5) is 22.3. The van der Waals surface area contributed by atoms with E-state index in [2.05, 4.69) is 0 Å². The maximum Gasteiger partial charge on any atom is 0.338 e. The average molecular weight is 220 g/mol. The van der Waals surface area contributed by atoms with Crippen molar-refractivity contribution in [1.82, 2.24) is 0 Å². The van der Waals surface area contributed by atoms with E-state index >= 15 is 0 Å². The molecular formula is C13H16O3. The van der Waals surface area contributed by atoms with Gasteiger partial charge in [0.1, 0.15) is 12.4 Å². The first-order chi connectivity index (χ1) is 7.69. The summed E-state index contributed by atoms with van der Waals surface area (Å²) in [6, 6.07) is 8.78. The van der Waals surface area contributed by atoms with Gasteiger partial charge >= 0.3 is 5.97 Å². The maximum absolute atomic E-state index is 11.7. The van der Waals surface area contributed by atoms with Crippen molar-refractivity contribution in [3.8, 4) is 0 Å². The molecule has 86 valence electrons. The minimum absolute atomic E-state index is 0.266. The first-order valence-corrected chi connectivity index (χ1v) is 5.40. The number of rotatable bonds is 5. The molecule has 3 nitrogen and oxygen atoms in total. The SMILES string of the molecule is CC[C@@H](OC(=O)c1ccccc1)[C@H](C)C=O. The summed E-state index contributed by atoms with van der Waals surface area (Å²) in [5.74, 6) is -0.640. The summed E-state index contributed by atoms with van der Waals surface area (Å²) in [5, 5.41) is 0. The van der Waals surface area contributed by atoms with E-state index in [9.17, 15) is 9.59 Å². The summed E-state index contributed by atoms with van der Waals surface area (Å²) >= 11 is 0. The zero-order valence-corrected chi connectivity index (χ0v) is 9.55. The molecule has 0 heterocycles. The minimum Gasteiger partial charge on any atom is -0.458 e. The van der Waals surface area contributed by atoms with Crippen molar-refractivity contribution in [3.63, 3.8) is 0 Å². The first kappa shape index (κ1) is 12.4. The van der Waals surface area contributed by atoms with Crippen LogP contribution in [0.25, 0.3) is 0 Å². The van der Waals surface area contributed by atoms with E-state index in [0.29, 0.717) is 12.0 Å². The van der Waals surface area contributed by atoms with Crippen LogP contribution in [-0.4, -0.2) is 18.4 Å². The van der Waals surface area contributed by atoms with E-state index in [1.165, 1.54) is 0 Å². The van der Waals surface area contributed by atoms with E-state index in [-0.39, 0.29) is 18.0 Å². The lowest BCUT2D eigenvalue weighted by atomic mass is 10.0. The van der Waals surface area contributed by atoms with E-state index in [4.69, 9.17) is 4.74 Å². The van der Waals surface area contributed by atoms with Crippen molar-refractivity contribution in [2.75, 3.05) is 0 Å². The lowest BCUT2D eigenvalue weighted by molar-refractivity contribution is -0.113. The molecule has 0 aliphatic carbocycles. The molecule has 0 amide bonds. The van der Waals surface area contributed by atoms with Crippen molar-refractivity contribution in [3.05, 3.63) is 35.9 Å². The third-order valence-corrected chi connectivity index (χ3v) is 2.47. The standard InChI is InChI=1S/C13H16O3/c1-3-12(10(2)9-14)16-13(15)11-7-5-4-6-8-11/h4-10,12H,3H2,1-2H3/t10-,12-/m1/s1. The van der Waals surface area contributed by atoms with Crippen molar-refractivity contribution < 1.29 is 14.3 Å². The van der Waals surface area contributed by atoms with Crippen LogP contribution in [0.2, 0.25) is 0 Å². The van der Waals surface area contributed by atoms with Gasteiger partial charge in [0, 0.05) is 5.92 Å². The number of hydrogen-bond donors (Lipinski definition) is 0. The number of carbonyl (C=O) groups is 2. The van der Waals surface area contributed by atoms with Gasteiger partial charge in [-0.15, -0.1) is 0 Å². The Morgan fingerprint density at radius 3 is 2.50 bits per heavy atom. The Labute approximate surface area is 95.4 Å². The monoisotopic (exact) mass is 220 g/mol. The molecule has 0 radical (unpaired) electrons. The summed E-state index contributed by atoms with van der Waals surface area (Å²) < 4.78 is 5.27. The third-order valence-electron chi connectivity index (χ3n) is 2.47. The molecule has 0 spiro atoms. The van der Waals surface area contributed by atoms with Crippen LogP contribution in [0, 0.1) is 5.92 Å². The normalized spacial score (nSPS) is 13.9. The molecule has 1 aromatic rings. The van der Waals surface area contributed by atoms with Crippen LogP contribution in [0.15, 0.2) is 30.3 Å². The van der Waals surface area contributed by atoms with Crippen LogP contribution in [0.4, 0.5) is 0 Å². The fourth-order valence-electron chi connectivity index (χ4n) is 1.43. The van der Waals surface area contributed by atoms with Crippen LogP contribution in [0.3, 0.4) is 0 Å². The van der Waals surface area contributed by atoms with Gasteiger partial charge in [0.15, 0.2) is 0 Å². The van der Waals surface area contributed by atoms with Gasteiger partial charge in [-0.2, -0.15) is 0 Å². The van der Waals surface area contributed by atoms with E-state index in [1.807, 2.05) is 13.0 Å². The molecule has 0 unspecified atom stereocenters. The molecule has 0 saturated carbocycles. The molecule has 2 atom stereocenters. The molecule has 1 aromatic carbocycles. The topological polar surface area (TPSA) is 43.4 Å². The lowest BCUT2D eigenvalue weighted by Gasteiger charge is -2.18. The molecule has 16 heavy (non-hydrogen) atoms. The Hall–Kier alpha value is -1.64. The predicted molar refractivity (Wildman–Crippen MR) is 61.2 cm³/mol. The number of esters is 1. The summed E-state index contributed by atoms with van der Waals surface area (Å²) in [6.07, 6.45) is 1.11. The Balaban J connectivity index is 2.66. The number of ether oxygens (including phenoxy) is 1. The van der Waals surface area contributed by atoms with Gasteiger partial charge in [0.25, 0.3) is 0 Å². The van der Waals surface area contributed by atoms with Crippen LogP contribution >= 0.6 is 0 Å². The second-order valence-corrected chi connectivity index (χ2v) is 3.71. The Morgan fingerprint density at radius 2 is 2.00 bits per heavy atom. The maximum atomic E-state index is 11.7. The molecular weight excluding hydrogens is 204 g/mol. The largest absolute Gasteiger partial charge is 0.458 e. The van der Waals surface area contributed by atoms with Gasteiger partial charge in [-0.1, -0.05) is 32.0 Å². The zero-order chi connectivity index (χ0) is 12.0. The second-order valence-electron chi connectivity index (χ2n) is 3.71. The zero-order valence-electron chi connectivity index (χ0n) is 9.55. The van der Waals surface area contributed by atoms with E-state index < -0.39 is 0 Å². The van der Waals surface area contributed by atoms with Crippen LogP contribution < -0.4 is 0 Å². The third kappa shape index (κ3) is 3.19. The average Bonchev–Trinajstić information content (AvgIpc) is 2.35. The molecule has 0 aliphatic heterocycles. The van der Waals surface area contributed by atoms with Gasteiger partial charge in [-0.25, -0.2) is 4.79 Å². The lowest BCUT2D eigenvalue weighted by Crippen LogP contribution is -2.25. The van der Waals surface area contributed by atoms with E-state index in [1.54, 1.807) is 31.2 Å². The molecule has 0 bridgehead atoms. The van der Waals surface area contributed by atoms with Gasteiger partial charge in [-0.3, -0.25) is 0 Å². The summed E-state index contributed by atoms with van der Waals surface area (Å²) in [6.45, 7) is 3.64. The number of carbonyl (C=O) groups excluding carboxylic acids is 2. The van der Waals surface area contributed by atoms with Crippen LogP contribution in [0.1, 0.15) is 30.6 Å². The van der Waals surface area contributed by atoms with Gasteiger partial charge in [0.05, 0.1) is 5.56 Å². The summed E-state index contributed by atoms with van der Waals surface area (Å²) in [7, 11) is 0. The smallest absolute Gasteiger partial charge is 0.338 e. The Kier molecular flexibility index (Phi) is 4.70.